The third-order valence-corrected chi connectivity index (χ3v) is 10.6. The van der Waals surface area contributed by atoms with Gasteiger partial charge in [0.15, 0.2) is 0 Å². The lowest BCUT2D eigenvalue weighted by atomic mass is 9.64. The van der Waals surface area contributed by atoms with E-state index in [1.165, 1.54) is 18.2 Å². The fraction of sp³-hybridized carbons (Fsp3) is 0.324. The zero-order chi connectivity index (χ0) is 32.3. The number of carbonyl (C=O) groups is 1. The molecule has 1 heterocycles. The highest BCUT2D eigenvalue weighted by atomic mass is 32.2. The van der Waals surface area contributed by atoms with Crippen LogP contribution >= 0.6 is 0 Å². The zero-order valence-electron chi connectivity index (χ0n) is 25.7. The van der Waals surface area contributed by atoms with Crippen LogP contribution in [0.25, 0.3) is 0 Å². The van der Waals surface area contributed by atoms with Gasteiger partial charge in [-0.2, -0.15) is 8.42 Å². The fourth-order valence-corrected chi connectivity index (χ4v) is 7.94. The van der Waals surface area contributed by atoms with Crippen LogP contribution in [0.15, 0.2) is 108 Å². The predicted molar refractivity (Wildman–Crippen MR) is 172 cm³/mol. The molecule has 9 heteroatoms. The Labute approximate surface area is 269 Å². The number of fused-ring (bicyclic) bond motifs is 1. The molecule has 240 valence electrons. The van der Waals surface area contributed by atoms with Crippen molar-refractivity contribution in [2.75, 3.05) is 19.7 Å². The van der Waals surface area contributed by atoms with E-state index in [0.717, 1.165) is 16.7 Å². The van der Waals surface area contributed by atoms with Gasteiger partial charge in [0.1, 0.15) is 18.2 Å². The minimum absolute atomic E-state index is 0.0572. The van der Waals surface area contributed by atoms with Crippen LogP contribution in [-0.4, -0.2) is 44.0 Å². The summed E-state index contributed by atoms with van der Waals surface area (Å²) >= 11 is 0. The second kappa shape index (κ2) is 13.4. The number of amides is 1. The molecule has 0 spiro atoms. The molecule has 1 N–H and O–H groups in total. The topological polar surface area (TPSA) is 93.1 Å². The number of likely N-dealkylation sites (tertiary alicyclic amines) is 1. The number of rotatable bonds is 10. The third kappa shape index (κ3) is 6.87. The summed E-state index contributed by atoms with van der Waals surface area (Å²) < 4.78 is 52.7. The molecule has 2 fully saturated rings. The van der Waals surface area contributed by atoms with E-state index >= 15 is 4.39 Å². The van der Waals surface area contributed by atoms with E-state index in [2.05, 4.69) is 0 Å². The van der Waals surface area contributed by atoms with Crippen molar-refractivity contribution < 1.29 is 31.6 Å². The second-order valence-electron chi connectivity index (χ2n) is 12.5. The van der Waals surface area contributed by atoms with E-state index in [1.54, 1.807) is 35.2 Å². The van der Waals surface area contributed by atoms with E-state index in [-0.39, 0.29) is 54.2 Å². The van der Waals surface area contributed by atoms with Gasteiger partial charge in [-0.25, -0.2) is 4.39 Å². The summed E-state index contributed by atoms with van der Waals surface area (Å²) in [5.41, 5.74) is 1.25. The monoisotopic (exact) mass is 643 g/mol. The molecule has 4 aromatic carbocycles. The molecular weight excluding hydrogens is 605 g/mol. The van der Waals surface area contributed by atoms with Crippen LogP contribution in [-0.2, 0) is 37.7 Å². The van der Waals surface area contributed by atoms with Crippen LogP contribution in [0.1, 0.15) is 35.1 Å². The SMILES string of the molecule is Cc1ccc(S(=O)(=O)OCC2CC3CN(C(=O)Cc4ccccc4OCc4ccccc4)CC3C(O)(c3ccccc3F)C2)cc1. The van der Waals surface area contributed by atoms with E-state index in [0.29, 0.717) is 25.3 Å². The number of aliphatic hydroxyl groups is 1. The fourth-order valence-electron chi connectivity index (χ4n) is 6.97. The van der Waals surface area contributed by atoms with Crippen molar-refractivity contribution in [2.45, 2.75) is 43.3 Å². The van der Waals surface area contributed by atoms with Gasteiger partial charge in [0, 0.05) is 30.1 Å². The Bertz CT molecular complexity index is 1780. The van der Waals surface area contributed by atoms with Crippen molar-refractivity contribution in [1.82, 2.24) is 4.90 Å². The molecule has 7 nitrogen and oxygen atoms in total. The van der Waals surface area contributed by atoms with Crippen LogP contribution in [0.2, 0.25) is 0 Å². The van der Waals surface area contributed by atoms with Crippen molar-refractivity contribution >= 4 is 16.0 Å². The van der Waals surface area contributed by atoms with Gasteiger partial charge in [0.2, 0.25) is 5.91 Å². The summed E-state index contributed by atoms with van der Waals surface area (Å²) in [5, 5.41) is 12.2. The molecular formula is C37H38FNO6S. The van der Waals surface area contributed by atoms with E-state index in [1.807, 2.05) is 61.5 Å². The Hall–Kier alpha value is -4.05. The molecule has 6 rings (SSSR count). The van der Waals surface area contributed by atoms with Crippen LogP contribution in [0.3, 0.4) is 0 Å². The summed E-state index contributed by atoms with van der Waals surface area (Å²) in [5.74, 6) is -1.01. The first-order valence-corrected chi connectivity index (χ1v) is 17.0. The Morgan fingerprint density at radius 3 is 2.39 bits per heavy atom. The molecule has 1 saturated carbocycles. The van der Waals surface area contributed by atoms with E-state index < -0.39 is 27.5 Å². The molecule has 0 radical (unpaired) electrons. The quantitative estimate of drug-likeness (QED) is 0.212. The number of halogens is 1. The Kier molecular flexibility index (Phi) is 9.27. The normalized spacial score (nSPS) is 22.8. The minimum Gasteiger partial charge on any atom is -0.489 e. The largest absolute Gasteiger partial charge is 0.489 e. The zero-order valence-corrected chi connectivity index (χ0v) is 26.5. The van der Waals surface area contributed by atoms with Crippen LogP contribution in [0.5, 0.6) is 5.75 Å². The number of aryl methyl sites for hydroxylation is 1. The Morgan fingerprint density at radius 1 is 0.935 bits per heavy atom. The van der Waals surface area contributed by atoms with Crippen molar-refractivity contribution in [1.29, 1.82) is 0 Å². The van der Waals surface area contributed by atoms with Gasteiger partial charge in [-0.1, -0.05) is 84.4 Å². The number of hydrogen-bond donors (Lipinski definition) is 1. The summed E-state index contributed by atoms with van der Waals surface area (Å²) in [6.45, 7) is 2.72. The smallest absolute Gasteiger partial charge is 0.296 e. The summed E-state index contributed by atoms with van der Waals surface area (Å²) in [6.07, 6.45) is 0.756. The minimum atomic E-state index is -4.03. The molecule has 1 amide bonds. The van der Waals surface area contributed by atoms with Crippen LogP contribution in [0.4, 0.5) is 4.39 Å². The summed E-state index contributed by atoms with van der Waals surface area (Å²) in [4.78, 5) is 15.5. The standard InChI is InChI=1S/C37H38FNO6S/c1-26-15-17-31(18-16-26)46(42,43)45-25-28-19-30-22-39(23-33(30)37(41,21-28)32-12-6-7-13-34(32)38)36(40)20-29-11-5-8-14-35(29)44-24-27-9-3-2-4-10-27/h2-18,28,30,33,41H,19-25H2,1H3. The molecule has 4 atom stereocenters. The lowest BCUT2D eigenvalue weighted by Crippen LogP contribution is -2.47. The van der Waals surface area contributed by atoms with Crippen molar-refractivity contribution in [3.8, 4) is 5.75 Å². The average Bonchev–Trinajstić information content (AvgIpc) is 3.50. The third-order valence-electron chi connectivity index (χ3n) is 9.30. The van der Waals surface area contributed by atoms with Gasteiger partial charge >= 0.3 is 0 Å². The van der Waals surface area contributed by atoms with Gasteiger partial charge in [-0.15, -0.1) is 0 Å². The Balaban J connectivity index is 1.19. The molecule has 4 unspecified atom stereocenters. The highest BCUT2D eigenvalue weighted by molar-refractivity contribution is 7.86. The Morgan fingerprint density at radius 2 is 1.63 bits per heavy atom. The molecule has 0 bridgehead atoms. The van der Waals surface area contributed by atoms with Gasteiger partial charge in [-0.3, -0.25) is 8.98 Å². The number of benzene rings is 4. The molecule has 1 aliphatic carbocycles. The van der Waals surface area contributed by atoms with E-state index in [9.17, 15) is 18.3 Å². The molecule has 2 aliphatic rings. The first-order chi connectivity index (χ1) is 22.1. The van der Waals surface area contributed by atoms with Crippen LogP contribution in [0, 0.1) is 30.5 Å². The maximum absolute atomic E-state index is 15.2. The predicted octanol–water partition coefficient (Wildman–Crippen LogP) is 6.03. The van der Waals surface area contributed by atoms with Crippen molar-refractivity contribution in [3.63, 3.8) is 0 Å². The van der Waals surface area contributed by atoms with Gasteiger partial charge in [0.25, 0.3) is 10.1 Å². The summed E-state index contributed by atoms with van der Waals surface area (Å²) in [7, 11) is -4.03. The highest BCUT2D eigenvalue weighted by Gasteiger charge is 2.54. The number of ether oxygens (including phenoxy) is 1. The second-order valence-corrected chi connectivity index (χ2v) is 14.1. The summed E-state index contributed by atoms with van der Waals surface area (Å²) in [6, 6.07) is 29.8. The number of carbonyl (C=O) groups excluding carboxylic acids is 1. The first kappa shape index (κ1) is 31.9. The number of para-hydroxylation sites is 1. The molecule has 4 aromatic rings. The molecule has 1 saturated heterocycles. The van der Waals surface area contributed by atoms with Gasteiger partial charge in [-0.05, 0) is 61.4 Å². The lowest BCUT2D eigenvalue weighted by molar-refractivity contribution is -0.130. The lowest BCUT2D eigenvalue weighted by Gasteiger charge is -2.44. The number of hydrogen-bond acceptors (Lipinski definition) is 6. The first-order valence-electron chi connectivity index (χ1n) is 15.6. The van der Waals surface area contributed by atoms with E-state index in [4.69, 9.17) is 8.92 Å². The van der Waals surface area contributed by atoms with Crippen molar-refractivity contribution in [3.05, 3.63) is 131 Å². The number of nitrogens with zero attached hydrogens (tertiary/aromatic N) is 1. The average molecular weight is 644 g/mol. The highest BCUT2D eigenvalue weighted by Crippen LogP contribution is 2.51. The van der Waals surface area contributed by atoms with Gasteiger partial charge < -0.3 is 14.7 Å². The molecule has 1 aliphatic heterocycles. The maximum Gasteiger partial charge on any atom is 0.296 e. The van der Waals surface area contributed by atoms with Crippen molar-refractivity contribution in [2.24, 2.45) is 17.8 Å². The molecule has 46 heavy (non-hydrogen) atoms. The van der Waals surface area contributed by atoms with Crippen LogP contribution < -0.4 is 4.74 Å². The van der Waals surface area contributed by atoms with Gasteiger partial charge in [0.05, 0.1) is 23.5 Å². The maximum atomic E-state index is 15.2. The molecule has 0 aromatic heterocycles.